The van der Waals surface area contributed by atoms with E-state index >= 15 is 0 Å². The maximum atomic E-state index is 4.58. The first kappa shape index (κ1) is 11.3. The molecule has 2 rings (SSSR count). The van der Waals surface area contributed by atoms with E-state index < -0.39 is 0 Å². The second-order valence-corrected chi connectivity index (χ2v) is 6.76. The predicted octanol–water partition coefficient (Wildman–Crippen LogP) is 4.14. The van der Waals surface area contributed by atoms with Crippen molar-refractivity contribution in [2.75, 3.05) is 17.3 Å². The maximum Gasteiger partial charge on any atom is 0.151 e. The molecule has 0 fully saturated rings. The van der Waals surface area contributed by atoms with Gasteiger partial charge in [0.1, 0.15) is 0 Å². The van der Waals surface area contributed by atoms with Crippen molar-refractivity contribution in [1.82, 2.24) is 4.98 Å². The summed E-state index contributed by atoms with van der Waals surface area (Å²) in [5, 5.41) is 0. The third-order valence-corrected chi connectivity index (χ3v) is 5.27. The molecule has 80 valence electrons. The summed E-state index contributed by atoms with van der Waals surface area (Å²) in [5.74, 6) is 3.59. The molecule has 0 aliphatic rings. The number of rotatable bonds is 5. The molecule has 1 nitrogen and oxygen atoms in total. The minimum Gasteiger partial charge on any atom is -0.230 e. The molecule has 0 radical (unpaired) electrons. The van der Waals surface area contributed by atoms with Crippen LogP contribution in [-0.4, -0.2) is 22.2 Å². The number of thioether (sulfide) groups is 2. The summed E-state index contributed by atoms with van der Waals surface area (Å²) in [6.07, 6.45) is 0. The largest absolute Gasteiger partial charge is 0.230 e. The Morgan fingerprint density at radius 3 is 2.93 bits per heavy atom. The van der Waals surface area contributed by atoms with Crippen molar-refractivity contribution in [3.8, 4) is 0 Å². The van der Waals surface area contributed by atoms with Gasteiger partial charge in [0, 0.05) is 11.5 Å². The van der Waals surface area contributed by atoms with E-state index in [0.29, 0.717) is 0 Å². The molecule has 0 saturated heterocycles. The van der Waals surface area contributed by atoms with Crippen LogP contribution >= 0.6 is 34.9 Å². The van der Waals surface area contributed by atoms with E-state index in [1.54, 1.807) is 11.3 Å². The SMILES string of the molecule is CCSCCSc1nc2ccccc2s1. The standard InChI is InChI=1S/C11H13NS3/c1-2-13-7-8-14-11-12-9-5-3-4-6-10(9)15-11/h3-6H,2,7-8H2,1H3. The summed E-state index contributed by atoms with van der Waals surface area (Å²) in [5.41, 5.74) is 1.13. The van der Waals surface area contributed by atoms with Gasteiger partial charge < -0.3 is 0 Å². The molecule has 1 aromatic carbocycles. The van der Waals surface area contributed by atoms with E-state index in [1.807, 2.05) is 29.6 Å². The number of hydrogen-bond acceptors (Lipinski definition) is 4. The molecule has 0 amide bonds. The third-order valence-electron chi connectivity index (χ3n) is 1.93. The number of aromatic nitrogens is 1. The lowest BCUT2D eigenvalue weighted by atomic mass is 10.3. The van der Waals surface area contributed by atoms with E-state index in [-0.39, 0.29) is 0 Å². The molecule has 1 aromatic heterocycles. The first-order chi connectivity index (χ1) is 7.40. The highest BCUT2D eigenvalue weighted by molar-refractivity contribution is 8.03. The van der Waals surface area contributed by atoms with Crippen LogP contribution in [0, 0.1) is 0 Å². The topological polar surface area (TPSA) is 12.9 Å². The number of para-hydroxylation sites is 1. The molecule has 0 saturated carbocycles. The molecule has 0 N–H and O–H groups in total. The molecule has 0 bridgehead atoms. The minimum absolute atomic E-state index is 1.13. The zero-order valence-electron chi connectivity index (χ0n) is 8.60. The molecule has 1 heterocycles. The number of hydrogen-bond donors (Lipinski definition) is 0. The molecule has 2 aromatic rings. The van der Waals surface area contributed by atoms with Crippen molar-refractivity contribution >= 4 is 45.1 Å². The van der Waals surface area contributed by atoms with Crippen molar-refractivity contribution in [3.05, 3.63) is 24.3 Å². The van der Waals surface area contributed by atoms with E-state index in [2.05, 4.69) is 30.1 Å². The molecule has 0 unspecified atom stereocenters. The van der Waals surface area contributed by atoms with Gasteiger partial charge in [-0.05, 0) is 17.9 Å². The Morgan fingerprint density at radius 2 is 2.13 bits per heavy atom. The zero-order chi connectivity index (χ0) is 10.5. The number of nitrogens with zero attached hydrogens (tertiary/aromatic N) is 1. The van der Waals surface area contributed by atoms with E-state index in [4.69, 9.17) is 0 Å². The second kappa shape index (κ2) is 5.77. The Hall–Kier alpha value is -0.190. The lowest BCUT2D eigenvalue weighted by Gasteiger charge is -1.95. The Balaban J connectivity index is 1.97. The number of fused-ring (bicyclic) bond motifs is 1. The van der Waals surface area contributed by atoms with Crippen LogP contribution in [0.5, 0.6) is 0 Å². The van der Waals surface area contributed by atoms with Crippen LogP contribution in [0.15, 0.2) is 28.6 Å². The average Bonchev–Trinajstić information content (AvgIpc) is 2.67. The number of benzene rings is 1. The van der Waals surface area contributed by atoms with Crippen LogP contribution in [-0.2, 0) is 0 Å². The van der Waals surface area contributed by atoms with Crippen molar-refractivity contribution in [3.63, 3.8) is 0 Å². The summed E-state index contributed by atoms with van der Waals surface area (Å²) in [7, 11) is 0. The highest BCUT2D eigenvalue weighted by atomic mass is 32.2. The number of thiazole rings is 1. The monoisotopic (exact) mass is 255 g/mol. The third kappa shape index (κ3) is 3.13. The van der Waals surface area contributed by atoms with Gasteiger partial charge in [-0.15, -0.1) is 11.3 Å². The molecule has 0 atom stereocenters. The summed E-state index contributed by atoms with van der Waals surface area (Å²) >= 11 is 5.66. The fourth-order valence-corrected chi connectivity index (χ4v) is 4.13. The van der Waals surface area contributed by atoms with Crippen molar-refractivity contribution < 1.29 is 0 Å². The molecule has 4 heteroatoms. The van der Waals surface area contributed by atoms with Gasteiger partial charge in [-0.25, -0.2) is 4.98 Å². The van der Waals surface area contributed by atoms with E-state index in [1.165, 1.54) is 26.3 Å². The van der Waals surface area contributed by atoms with Crippen LogP contribution in [0.25, 0.3) is 10.2 Å². The second-order valence-electron chi connectivity index (χ2n) is 2.99. The first-order valence-electron chi connectivity index (χ1n) is 4.96. The fraction of sp³-hybridized carbons (Fsp3) is 0.364. The van der Waals surface area contributed by atoms with Gasteiger partial charge in [0.2, 0.25) is 0 Å². The van der Waals surface area contributed by atoms with Crippen LogP contribution in [0.4, 0.5) is 0 Å². The van der Waals surface area contributed by atoms with Crippen LogP contribution in [0.3, 0.4) is 0 Å². The van der Waals surface area contributed by atoms with Crippen LogP contribution in [0.1, 0.15) is 6.92 Å². The molecule has 15 heavy (non-hydrogen) atoms. The fourth-order valence-electron chi connectivity index (χ4n) is 1.25. The highest BCUT2D eigenvalue weighted by Crippen LogP contribution is 2.29. The molecule has 0 spiro atoms. The van der Waals surface area contributed by atoms with Crippen LogP contribution < -0.4 is 0 Å². The Kier molecular flexibility index (Phi) is 4.35. The Bertz CT molecular complexity index is 391. The average molecular weight is 255 g/mol. The van der Waals surface area contributed by atoms with Crippen molar-refractivity contribution in [2.24, 2.45) is 0 Å². The first-order valence-corrected chi connectivity index (χ1v) is 7.92. The summed E-state index contributed by atoms with van der Waals surface area (Å²) < 4.78 is 2.50. The molecule has 0 aliphatic heterocycles. The highest BCUT2D eigenvalue weighted by Gasteiger charge is 2.02. The summed E-state index contributed by atoms with van der Waals surface area (Å²) in [6, 6.07) is 8.33. The van der Waals surface area contributed by atoms with Gasteiger partial charge in [0.15, 0.2) is 4.34 Å². The zero-order valence-corrected chi connectivity index (χ0v) is 11.1. The lowest BCUT2D eigenvalue weighted by molar-refractivity contribution is 1.30. The van der Waals surface area contributed by atoms with Gasteiger partial charge in [0.25, 0.3) is 0 Å². The maximum absolute atomic E-state index is 4.58. The van der Waals surface area contributed by atoms with Gasteiger partial charge in [-0.1, -0.05) is 30.8 Å². The van der Waals surface area contributed by atoms with Crippen molar-refractivity contribution in [1.29, 1.82) is 0 Å². The van der Waals surface area contributed by atoms with Gasteiger partial charge in [0.05, 0.1) is 10.2 Å². The van der Waals surface area contributed by atoms with Gasteiger partial charge >= 0.3 is 0 Å². The predicted molar refractivity (Wildman–Crippen MR) is 73.3 cm³/mol. The smallest absolute Gasteiger partial charge is 0.151 e. The minimum atomic E-state index is 1.13. The summed E-state index contributed by atoms with van der Waals surface area (Å²) in [6.45, 7) is 2.20. The molecular weight excluding hydrogens is 242 g/mol. The Morgan fingerprint density at radius 1 is 1.27 bits per heavy atom. The van der Waals surface area contributed by atoms with Crippen molar-refractivity contribution in [2.45, 2.75) is 11.3 Å². The lowest BCUT2D eigenvalue weighted by Crippen LogP contribution is -1.83. The van der Waals surface area contributed by atoms with E-state index in [9.17, 15) is 0 Å². The Labute approximate surface area is 103 Å². The van der Waals surface area contributed by atoms with Gasteiger partial charge in [-0.3, -0.25) is 0 Å². The van der Waals surface area contributed by atoms with Gasteiger partial charge in [-0.2, -0.15) is 11.8 Å². The quantitative estimate of drug-likeness (QED) is 0.588. The summed E-state index contributed by atoms with van der Waals surface area (Å²) in [4.78, 5) is 4.58. The van der Waals surface area contributed by atoms with Crippen LogP contribution in [0.2, 0.25) is 0 Å². The molecule has 0 aliphatic carbocycles. The molecular formula is C11H13NS3. The van der Waals surface area contributed by atoms with E-state index in [0.717, 1.165) is 5.52 Å². The normalized spacial score (nSPS) is 11.0.